The molecule has 1 fully saturated rings. The Labute approximate surface area is 161 Å². The van der Waals surface area contributed by atoms with E-state index in [4.69, 9.17) is 45.3 Å². The lowest BCUT2D eigenvalue weighted by molar-refractivity contribution is -0.739. The number of H-pyrrole nitrogens is 1. The van der Waals surface area contributed by atoms with Crippen molar-refractivity contribution in [1.82, 2.24) is 14.5 Å². The summed E-state index contributed by atoms with van der Waals surface area (Å²) in [4.78, 5) is 18.8. The van der Waals surface area contributed by atoms with Gasteiger partial charge in [-0.2, -0.15) is 0 Å². The third-order valence-electron chi connectivity index (χ3n) is 4.13. The zero-order valence-electron chi connectivity index (χ0n) is 13.2. The molecule has 3 heterocycles. The van der Waals surface area contributed by atoms with Gasteiger partial charge in [-0.05, 0) is 0 Å². The van der Waals surface area contributed by atoms with Crippen molar-refractivity contribution in [3.05, 3.63) is 16.7 Å². The summed E-state index contributed by atoms with van der Waals surface area (Å²) < 4.78 is 6.47. The number of alkyl halides is 3. The highest BCUT2D eigenvalue weighted by Crippen LogP contribution is 2.31. The molecule has 0 spiro atoms. The summed E-state index contributed by atoms with van der Waals surface area (Å²) in [6, 6.07) is 0. The molecular weight excluding hydrogens is 413 g/mol. The predicted molar refractivity (Wildman–Crippen MR) is 92.9 cm³/mol. The van der Waals surface area contributed by atoms with Crippen LogP contribution in [-0.4, -0.2) is 58.6 Å². The van der Waals surface area contributed by atoms with Gasteiger partial charge in [0.2, 0.25) is 9.31 Å². The molecule has 1 unspecified atom stereocenters. The second-order valence-electron chi connectivity index (χ2n) is 5.97. The molecule has 1 saturated heterocycles. The number of nitrogens with zero attached hydrogens (tertiary/aromatic N) is 3. The maximum absolute atomic E-state index is 12.3. The van der Waals surface area contributed by atoms with Crippen molar-refractivity contribution >= 4 is 51.9 Å². The van der Waals surface area contributed by atoms with Crippen LogP contribution in [0.4, 0.5) is 5.95 Å². The summed E-state index contributed by atoms with van der Waals surface area (Å²) in [5.74, 6) is -0.117. The maximum Gasteiger partial charge on any atom is 0.313 e. The number of nitrogens with two attached hydrogens (primary N) is 1. The molecule has 0 aliphatic carbocycles. The Bertz CT molecular complexity index is 866. The van der Waals surface area contributed by atoms with Crippen molar-refractivity contribution in [3.63, 3.8) is 0 Å². The SMILES string of the molecule is Nc1nc2c(c(=O)[nH]1)n(CC(O)C(Cl)(Cl)Cl)c[n+]2[C@H]1C[C@H](O)[C@@H](CO)O1. The number of anilines is 1. The number of aromatic amines is 1. The van der Waals surface area contributed by atoms with E-state index in [1.54, 1.807) is 0 Å². The number of aromatic nitrogens is 4. The number of aliphatic hydroxyl groups is 3. The number of rotatable bonds is 4. The summed E-state index contributed by atoms with van der Waals surface area (Å²) >= 11 is 17.1. The molecule has 26 heavy (non-hydrogen) atoms. The van der Waals surface area contributed by atoms with Gasteiger partial charge in [-0.15, -0.1) is 0 Å². The molecule has 0 radical (unpaired) electrons. The van der Waals surface area contributed by atoms with Gasteiger partial charge in [-0.25, -0.2) is 4.57 Å². The van der Waals surface area contributed by atoms with Crippen LogP contribution in [0.25, 0.3) is 11.2 Å². The standard InChI is InChI=1S/C13H16Cl3N5O5/c14-13(15,16)7(24)2-20-4-21(8-1-5(23)6(3-22)26-8)10-9(20)11(25)19-12(17)18-10/h4-8,22-24H,1-3H2,(H2-,17,18,19,25)/p+1/t5-,6+,7?,8+/m0/s1. The first-order valence-corrected chi connectivity index (χ1v) is 8.74. The van der Waals surface area contributed by atoms with E-state index in [2.05, 4.69) is 9.97 Å². The Hall–Kier alpha value is -1.14. The van der Waals surface area contributed by atoms with Gasteiger partial charge in [-0.3, -0.25) is 14.3 Å². The zero-order valence-corrected chi connectivity index (χ0v) is 15.5. The predicted octanol–water partition coefficient (Wildman–Crippen LogP) is -1.03. The number of fused-ring (bicyclic) bond motifs is 1. The molecule has 2 aromatic rings. The lowest BCUT2D eigenvalue weighted by Crippen LogP contribution is -2.40. The van der Waals surface area contributed by atoms with Crippen LogP contribution in [0.3, 0.4) is 0 Å². The normalized spacial score (nSPS) is 25.1. The first-order chi connectivity index (χ1) is 12.1. The molecule has 144 valence electrons. The Morgan fingerprint density at radius 1 is 1.54 bits per heavy atom. The van der Waals surface area contributed by atoms with Crippen molar-refractivity contribution in [2.45, 2.75) is 41.3 Å². The fourth-order valence-corrected chi connectivity index (χ4v) is 3.07. The molecular formula is C13H17Cl3N5O5+. The Morgan fingerprint density at radius 2 is 2.23 bits per heavy atom. The third kappa shape index (κ3) is 3.63. The molecule has 1 aliphatic rings. The Morgan fingerprint density at radius 3 is 2.81 bits per heavy atom. The van der Waals surface area contributed by atoms with E-state index >= 15 is 0 Å². The minimum absolute atomic E-state index is 0.0815. The topological polar surface area (TPSA) is 150 Å². The maximum atomic E-state index is 12.3. The van der Waals surface area contributed by atoms with E-state index in [-0.39, 0.29) is 36.7 Å². The van der Waals surface area contributed by atoms with E-state index in [9.17, 15) is 20.1 Å². The number of nitrogens with one attached hydrogen (secondary N) is 1. The fourth-order valence-electron chi connectivity index (χ4n) is 2.86. The van der Waals surface area contributed by atoms with Gasteiger partial charge in [0.05, 0.1) is 19.3 Å². The average Bonchev–Trinajstić information content (AvgIpc) is 3.07. The highest BCUT2D eigenvalue weighted by Gasteiger charge is 2.40. The van der Waals surface area contributed by atoms with Crippen molar-refractivity contribution < 1.29 is 24.6 Å². The lowest BCUT2D eigenvalue weighted by atomic mass is 10.2. The van der Waals surface area contributed by atoms with Crippen LogP contribution in [0.1, 0.15) is 12.6 Å². The fraction of sp³-hybridized carbons (Fsp3) is 0.615. The van der Waals surface area contributed by atoms with Crippen LogP contribution in [0, 0.1) is 0 Å². The van der Waals surface area contributed by atoms with Gasteiger partial charge < -0.3 is 25.8 Å². The summed E-state index contributed by atoms with van der Waals surface area (Å²) in [5, 5.41) is 29.3. The number of nitrogen functional groups attached to an aromatic ring is 1. The number of ether oxygens (including phenoxy) is 1. The highest BCUT2D eigenvalue weighted by molar-refractivity contribution is 6.68. The smallest absolute Gasteiger partial charge is 0.313 e. The van der Waals surface area contributed by atoms with Crippen molar-refractivity contribution in [3.8, 4) is 0 Å². The van der Waals surface area contributed by atoms with Crippen LogP contribution in [0.5, 0.6) is 0 Å². The van der Waals surface area contributed by atoms with Gasteiger partial charge in [-0.1, -0.05) is 39.8 Å². The monoisotopic (exact) mass is 428 g/mol. The molecule has 3 rings (SSSR count). The number of hydrogen-bond acceptors (Lipinski definition) is 7. The Balaban J connectivity index is 2.08. The number of hydrogen-bond donors (Lipinski definition) is 5. The second kappa shape index (κ2) is 7.12. The van der Waals surface area contributed by atoms with Crippen LogP contribution in [0.15, 0.2) is 11.1 Å². The molecule has 1 aliphatic heterocycles. The van der Waals surface area contributed by atoms with Crippen molar-refractivity contribution in [1.29, 1.82) is 0 Å². The molecule has 0 aromatic carbocycles. The minimum atomic E-state index is -1.96. The average molecular weight is 430 g/mol. The van der Waals surface area contributed by atoms with E-state index in [0.29, 0.717) is 0 Å². The summed E-state index contributed by atoms with van der Waals surface area (Å²) in [5.41, 5.74) is 5.31. The van der Waals surface area contributed by atoms with Crippen LogP contribution >= 0.6 is 34.8 Å². The molecule has 0 bridgehead atoms. The van der Waals surface area contributed by atoms with E-state index in [1.165, 1.54) is 15.5 Å². The molecule has 0 saturated carbocycles. The lowest BCUT2D eigenvalue weighted by Gasteiger charge is -2.17. The molecule has 6 N–H and O–H groups in total. The van der Waals surface area contributed by atoms with Gasteiger partial charge in [0.1, 0.15) is 12.2 Å². The van der Waals surface area contributed by atoms with Crippen LogP contribution < -0.4 is 15.9 Å². The second-order valence-corrected chi connectivity index (χ2v) is 8.34. The molecule has 2 aromatic heterocycles. The first-order valence-electron chi connectivity index (χ1n) is 7.60. The van der Waals surface area contributed by atoms with E-state index in [0.717, 1.165) is 0 Å². The zero-order chi connectivity index (χ0) is 19.2. The summed E-state index contributed by atoms with van der Waals surface area (Å²) in [7, 11) is 0. The van der Waals surface area contributed by atoms with Crippen molar-refractivity contribution in [2.24, 2.45) is 0 Å². The number of aliphatic hydroxyl groups excluding tert-OH is 3. The summed E-state index contributed by atoms with van der Waals surface area (Å²) in [6.07, 6.45) is -2.16. The Kier molecular flexibility index (Phi) is 5.37. The minimum Gasteiger partial charge on any atom is -0.394 e. The molecule has 13 heteroatoms. The third-order valence-corrected chi connectivity index (χ3v) is 4.89. The first kappa shape index (κ1) is 19.6. The van der Waals surface area contributed by atoms with Crippen molar-refractivity contribution in [2.75, 3.05) is 12.3 Å². The van der Waals surface area contributed by atoms with E-state index < -0.39 is 33.9 Å². The van der Waals surface area contributed by atoms with Crippen LogP contribution in [0.2, 0.25) is 0 Å². The van der Waals surface area contributed by atoms with Gasteiger partial charge in [0, 0.05) is 6.42 Å². The van der Waals surface area contributed by atoms with Crippen LogP contribution in [-0.2, 0) is 11.3 Å². The quantitative estimate of drug-likeness (QED) is 0.308. The van der Waals surface area contributed by atoms with Gasteiger partial charge in [0.25, 0.3) is 11.5 Å². The molecule has 0 amide bonds. The van der Waals surface area contributed by atoms with Gasteiger partial charge >= 0.3 is 5.65 Å². The highest BCUT2D eigenvalue weighted by atomic mass is 35.6. The van der Waals surface area contributed by atoms with E-state index in [1.807, 2.05) is 0 Å². The van der Waals surface area contributed by atoms with Gasteiger partial charge in [0.15, 0.2) is 12.6 Å². The summed E-state index contributed by atoms with van der Waals surface area (Å²) in [6.45, 7) is -0.577. The number of imidazole rings is 1. The number of halogens is 3. The molecule has 10 nitrogen and oxygen atoms in total. The largest absolute Gasteiger partial charge is 0.394 e. The molecule has 4 atom stereocenters.